The van der Waals surface area contributed by atoms with Crippen molar-refractivity contribution in [2.75, 3.05) is 13.2 Å². The number of hydroxylamine groups is 1. The number of nitrogens with one attached hydrogen (secondary N) is 1. The number of aromatic nitrogens is 2. The molecule has 0 bridgehead atoms. The van der Waals surface area contributed by atoms with E-state index < -0.39 is 0 Å². The topological polar surface area (TPSA) is 65.1 Å². The zero-order valence-electron chi connectivity index (χ0n) is 12.6. The lowest BCUT2D eigenvalue weighted by atomic mass is 10.1. The lowest BCUT2D eigenvalue weighted by Crippen LogP contribution is -2.19. The SMILES string of the molecule is Cc1nccn1CCC=C(NOCCN)c1ccc(F)cc1. The fourth-order valence-corrected chi connectivity index (χ4v) is 2.02. The molecular weight excluding hydrogens is 283 g/mol. The van der Waals surface area contributed by atoms with Gasteiger partial charge >= 0.3 is 0 Å². The van der Waals surface area contributed by atoms with Gasteiger partial charge in [-0.2, -0.15) is 0 Å². The smallest absolute Gasteiger partial charge is 0.123 e. The van der Waals surface area contributed by atoms with Crippen molar-refractivity contribution in [3.05, 3.63) is 59.9 Å². The highest BCUT2D eigenvalue weighted by atomic mass is 19.1. The first-order valence-corrected chi connectivity index (χ1v) is 7.22. The van der Waals surface area contributed by atoms with Crippen LogP contribution in [0.15, 0.2) is 42.7 Å². The molecule has 0 fully saturated rings. The maximum Gasteiger partial charge on any atom is 0.123 e. The molecule has 0 amide bonds. The number of nitrogens with two attached hydrogens (primary N) is 1. The largest absolute Gasteiger partial charge is 0.335 e. The van der Waals surface area contributed by atoms with E-state index in [1.165, 1.54) is 12.1 Å². The molecular formula is C16H21FN4O. The maximum absolute atomic E-state index is 13.0. The van der Waals surface area contributed by atoms with E-state index in [1.54, 1.807) is 18.3 Å². The van der Waals surface area contributed by atoms with Crippen LogP contribution in [0.25, 0.3) is 5.70 Å². The lowest BCUT2D eigenvalue weighted by molar-refractivity contribution is 0.0847. The zero-order valence-corrected chi connectivity index (χ0v) is 12.6. The van der Waals surface area contributed by atoms with E-state index in [1.807, 2.05) is 19.2 Å². The Morgan fingerprint density at radius 1 is 1.41 bits per heavy atom. The number of nitrogens with zero attached hydrogens (tertiary/aromatic N) is 2. The minimum Gasteiger partial charge on any atom is -0.335 e. The third kappa shape index (κ3) is 4.68. The Balaban J connectivity index is 2.04. The van der Waals surface area contributed by atoms with Crippen LogP contribution in [0.1, 0.15) is 17.8 Å². The third-order valence-electron chi connectivity index (χ3n) is 3.20. The van der Waals surface area contributed by atoms with Crippen molar-refractivity contribution in [1.82, 2.24) is 15.0 Å². The predicted molar refractivity (Wildman–Crippen MR) is 84.1 cm³/mol. The summed E-state index contributed by atoms with van der Waals surface area (Å²) in [6, 6.07) is 6.27. The van der Waals surface area contributed by atoms with Gasteiger partial charge in [0.05, 0.1) is 12.3 Å². The average molecular weight is 304 g/mol. The van der Waals surface area contributed by atoms with Gasteiger partial charge in [-0.05, 0) is 43.2 Å². The number of halogens is 1. The zero-order chi connectivity index (χ0) is 15.8. The number of benzene rings is 1. The molecule has 0 spiro atoms. The molecule has 1 aromatic carbocycles. The fourth-order valence-electron chi connectivity index (χ4n) is 2.02. The van der Waals surface area contributed by atoms with E-state index in [0.717, 1.165) is 30.1 Å². The summed E-state index contributed by atoms with van der Waals surface area (Å²) in [6.45, 7) is 3.61. The number of hydrogen-bond acceptors (Lipinski definition) is 4. The first kappa shape index (κ1) is 16.2. The molecule has 0 atom stereocenters. The number of rotatable bonds is 8. The lowest BCUT2D eigenvalue weighted by Gasteiger charge is -2.11. The molecule has 0 saturated heterocycles. The minimum absolute atomic E-state index is 0.264. The van der Waals surface area contributed by atoms with Crippen LogP contribution in [0.2, 0.25) is 0 Å². The van der Waals surface area contributed by atoms with Crippen LogP contribution in [-0.2, 0) is 11.4 Å². The normalized spacial score (nSPS) is 11.7. The summed E-state index contributed by atoms with van der Waals surface area (Å²) in [5.41, 5.74) is 9.95. The monoisotopic (exact) mass is 304 g/mol. The van der Waals surface area contributed by atoms with Gasteiger partial charge in [0.25, 0.3) is 0 Å². The van der Waals surface area contributed by atoms with Crippen molar-refractivity contribution in [2.24, 2.45) is 5.73 Å². The Morgan fingerprint density at radius 3 is 2.82 bits per heavy atom. The van der Waals surface area contributed by atoms with Crippen LogP contribution in [0, 0.1) is 12.7 Å². The van der Waals surface area contributed by atoms with Crippen molar-refractivity contribution < 1.29 is 9.23 Å². The summed E-state index contributed by atoms with van der Waals surface area (Å²) in [6.07, 6.45) is 6.54. The fraction of sp³-hybridized carbons (Fsp3) is 0.312. The van der Waals surface area contributed by atoms with E-state index in [9.17, 15) is 4.39 Å². The number of hydrogen-bond donors (Lipinski definition) is 2. The van der Waals surface area contributed by atoms with Gasteiger partial charge in [-0.1, -0.05) is 6.08 Å². The van der Waals surface area contributed by atoms with Gasteiger partial charge in [0.1, 0.15) is 11.6 Å². The minimum atomic E-state index is -0.264. The van der Waals surface area contributed by atoms with E-state index in [0.29, 0.717) is 13.2 Å². The summed E-state index contributed by atoms with van der Waals surface area (Å²) in [5, 5.41) is 0. The Bertz CT molecular complexity index is 607. The second-order valence-electron chi connectivity index (χ2n) is 4.82. The summed E-state index contributed by atoms with van der Waals surface area (Å²) >= 11 is 0. The first-order chi connectivity index (χ1) is 10.7. The Morgan fingerprint density at radius 2 is 2.18 bits per heavy atom. The maximum atomic E-state index is 13.0. The van der Waals surface area contributed by atoms with Gasteiger partial charge in [0, 0.05) is 25.5 Å². The third-order valence-corrected chi connectivity index (χ3v) is 3.20. The molecule has 3 N–H and O–H groups in total. The molecule has 1 heterocycles. The molecule has 0 aliphatic heterocycles. The van der Waals surface area contributed by atoms with Gasteiger partial charge in [0.2, 0.25) is 0 Å². The first-order valence-electron chi connectivity index (χ1n) is 7.22. The molecule has 22 heavy (non-hydrogen) atoms. The van der Waals surface area contributed by atoms with E-state index in [2.05, 4.69) is 15.0 Å². The van der Waals surface area contributed by atoms with Crippen molar-refractivity contribution in [2.45, 2.75) is 19.9 Å². The second-order valence-corrected chi connectivity index (χ2v) is 4.82. The average Bonchev–Trinajstić information content (AvgIpc) is 2.92. The Labute approximate surface area is 129 Å². The quantitative estimate of drug-likeness (QED) is 0.580. The molecule has 0 saturated carbocycles. The molecule has 2 rings (SSSR count). The molecule has 0 radical (unpaired) electrons. The predicted octanol–water partition coefficient (Wildman–Crippen LogP) is 2.24. The highest BCUT2D eigenvalue weighted by Crippen LogP contribution is 2.14. The van der Waals surface area contributed by atoms with Crippen molar-refractivity contribution in [3.63, 3.8) is 0 Å². The standard InChI is InChI=1S/C16H21FN4O/c1-13-19-9-11-21(13)10-2-3-16(20-22-12-8-18)14-4-6-15(17)7-5-14/h3-7,9,11,20H,2,8,10,12,18H2,1H3. The number of allylic oxidation sites excluding steroid dienone is 1. The van der Waals surface area contributed by atoms with Gasteiger partial charge in [-0.25, -0.2) is 9.37 Å². The molecule has 0 unspecified atom stereocenters. The van der Waals surface area contributed by atoms with Crippen LogP contribution in [0.5, 0.6) is 0 Å². The Kier molecular flexibility index (Phi) is 6.12. The van der Waals surface area contributed by atoms with Crippen LogP contribution in [0.4, 0.5) is 4.39 Å². The van der Waals surface area contributed by atoms with E-state index in [-0.39, 0.29) is 5.82 Å². The molecule has 0 aliphatic rings. The van der Waals surface area contributed by atoms with Crippen LogP contribution in [-0.4, -0.2) is 22.7 Å². The van der Waals surface area contributed by atoms with E-state index >= 15 is 0 Å². The van der Waals surface area contributed by atoms with Gasteiger partial charge < -0.3 is 10.3 Å². The number of aryl methyl sites for hydroxylation is 2. The van der Waals surface area contributed by atoms with Crippen molar-refractivity contribution >= 4 is 5.70 Å². The summed E-state index contributed by atoms with van der Waals surface area (Å²) in [7, 11) is 0. The number of imidazole rings is 1. The summed E-state index contributed by atoms with van der Waals surface area (Å²) in [4.78, 5) is 9.47. The Hall–Kier alpha value is -2.18. The van der Waals surface area contributed by atoms with Crippen LogP contribution >= 0.6 is 0 Å². The van der Waals surface area contributed by atoms with Crippen LogP contribution in [0.3, 0.4) is 0 Å². The van der Waals surface area contributed by atoms with Crippen molar-refractivity contribution in [1.29, 1.82) is 0 Å². The molecule has 6 heteroatoms. The van der Waals surface area contributed by atoms with E-state index in [4.69, 9.17) is 10.6 Å². The molecule has 118 valence electrons. The van der Waals surface area contributed by atoms with Crippen LogP contribution < -0.4 is 11.2 Å². The molecule has 5 nitrogen and oxygen atoms in total. The highest BCUT2D eigenvalue weighted by molar-refractivity contribution is 5.62. The summed E-state index contributed by atoms with van der Waals surface area (Å²) < 4.78 is 15.1. The molecule has 1 aromatic heterocycles. The summed E-state index contributed by atoms with van der Waals surface area (Å²) in [5.74, 6) is 0.712. The van der Waals surface area contributed by atoms with Gasteiger partial charge in [-0.15, -0.1) is 0 Å². The van der Waals surface area contributed by atoms with Crippen molar-refractivity contribution in [3.8, 4) is 0 Å². The molecule has 2 aromatic rings. The highest BCUT2D eigenvalue weighted by Gasteiger charge is 2.03. The molecule has 0 aliphatic carbocycles. The van der Waals surface area contributed by atoms with Gasteiger partial charge in [-0.3, -0.25) is 10.3 Å². The second kappa shape index (κ2) is 8.31. The van der Waals surface area contributed by atoms with Gasteiger partial charge in [0.15, 0.2) is 0 Å².